The lowest BCUT2D eigenvalue weighted by Gasteiger charge is -2.18. The lowest BCUT2D eigenvalue weighted by molar-refractivity contribution is 0.0945. The van der Waals surface area contributed by atoms with Crippen LogP contribution >= 0.6 is 22.6 Å². The van der Waals surface area contributed by atoms with Crippen LogP contribution in [0, 0.1) is 3.57 Å². The average Bonchev–Trinajstić information content (AvgIpc) is 2.86. The summed E-state index contributed by atoms with van der Waals surface area (Å²) in [5.41, 5.74) is 1.66. The summed E-state index contributed by atoms with van der Waals surface area (Å²) >= 11 is 2.16. The first kappa shape index (κ1) is 17.1. The molecule has 0 unspecified atom stereocenters. The molecule has 1 N–H and O–H groups in total. The molecule has 0 saturated heterocycles. The Morgan fingerprint density at radius 3 is 2.83 bits per heavy atom. The number of carbonyl (C=O) groups excluding carboxylic acids is 1. The van der Waals surface area contributed by atoms with Crippen molar-refractivity contribution in [2.45, 2.75) is 25.9 Å². The van der Waals surface area contributed by atoms with Crippen molar-refractivity contribution in [2.75, 3.05) is 13.2 Å². The number of benzene rings is 2. The molecule has 0 saturated carbocycles. The lowest BCUT2D eigenvalue weighted by atomic mass is 10.0. The molecule has 2 aromatic rings. The van der Waals surface area contributed by atoms with Gasteiger partial charge in [-0.1, -0.05) is 24.3 Å². The maximum atomic E-state index is 12.2. The number of fused-ring (bicyclic) bond motifs is 1. The summed E-state index contributed by atoms with van der Waals surface area (Å²) in [6.07, 6.45) is 0.878. The van der Waals surface area contributed by atoms with Gasteiger partial charge in [0.25, 0.3) is 5.91 Å². The molecule has 4 nitrogen and oxygen atoms in total. The minimum Gasteiger partial charge on any atom is -0.488 e. The predicted octanol–water partition coefficient (Wildman–Crippen LogP) is 3.81. The highest BCUT2D eigenvalue weighted by molar-refractivity contribution is 14.1. The fourth-order valence-corrected chi connectivity index (χ4v) is 3.40. The van der Waals surface area contributed by atoms with Crippen molar-refractivity contribution in [2.24, 2.45) is 0 Å². The number of ether oxygens (including phenoxy) is 2. The number of carbonyl (C=O) groups is 1. The minimum absolute atomic E-state index is 0.0840. The maximum Gasteiger partial charge on any atom is 0.252 e. The van der Waals surface area contributed by atoms with Gasteiger partial charge < -0.3 is 14.8 Å². The molecule has 0 atom stereocenters. The number of para-hydroxylation sites is 1. The average molecular weight is 437 g/mol. The molecular formula is C19H20INO3. The minimum atomic E-state index is -0.194. The molecule has 0 radical (unpaired) electrons. The first-order valence-electron chi connectivity index (χ1n) is 7.93. The summed E-state index contributed by atoms with van der Waals surface area (Å²) < 4.78 is 12.7. The molecule has 126 valence electrons. The summed E-state index contributed by atoms with van der Waals surface area (Å²) in [7, 11) is 0. The van der Waals surface area contributed by atoms with Gasteiger partial charge in [-0.15, -0.1) is 0 Å². The highest BCUT2D eigenvalue weighted by atomic mass is 127. The summed E-state index contributed by atoms with van der Waals surface area (Å²) in [5, 5.41) is 2.88. The Labute approximate surface area is 155 Å². The zero-order valence-corrected chi connectivity index (χ0v) is 15.9. The molecule has 0 bridgehead atoms. The van der Waals surface area contributed by atoms with E-state index in [1.165, 1.54) is 5.56 Å². The highest BCUT2D eigenvalue weighted by Crippen LogP contribution is 2.41. The quantitative estimate of drug-likeness (QED) is 0.572. The van der Waals surface area contributed by atoms with E-state index < -0.39 is 0 Å². The number of nitrogens with one attached hydrogen (secondary N) is 1. The zero-order chi connectivity index (χ0) is 17.2. The Hall–Kier alpha value is -1.76. The van der Waals surface area contributed by atoms with Crippen LogP contribution in [0.1, 0.15) is 29.8 Å². The van der Waals surface area contributed by atoms with Gasteiger partial charge in [0.2, 0.25) is 0 Å². The van der Waals surface area contributed by atoms with Crippen molar-refractivity contribution in [1.82, 2.24) is 5.32 Å². The fourth-order valence-electron chi connectivity index (χ4n) is 2.77. The summed E-state index contributed by atoms with van der Waals surface area (Å²) in [4.78, 5) is 12.2. The van der Waals surface area contributed by atoms with Gasteiger partial charge in [-0.3, -0.25) is 4.79 Å². The van der Waals surface area contributed by atoms with Crippen molar-refractivity contribution in [3.05, 3.63) is 57.2 Å². The molecule has 5 heteroatoms. The SMILES string of the molecule is CC1(C)Cc2cccc(OCCNC(=O)c3ccccc3I)c2O1. The van der Waals surface area contributed by atoms with Crippen molar-refractivity contribution in [3.63, 3.8) is 0 Å². The second-order valence-corrected chi connectivity index (χ2v) is 7.53. The fraction of sp³-hybridized carbons (Fsp3) is 0.316. The molecule has 3 rings (SSSR count). The van der Waals surface area contributed by atoms with Crippen molar-refractivity contribution >= 4 is 28.5 Å². The standard InChI is InChI=1S/C19H20INO3/c1-19(2)12-13-6-5-9-16(17(13)24-19)23-11-10-21-18(22)14-7-3-4-8-15(14)20/h3-9H,10-12H2,1-2H3,(H,21,22). The van der Waals surface area contributed by atoms with E-state index in [0.717, 1.165) is 21.5 Å². The van der Waals surface area contributed by atoms with Crippen LogP contribution in [-0.4, -0.2) is 24.7 Å². The Morgan fingerprint density at radius 2 is 2.04 bits per heavy atom. The molecule has 0 fully saturated rings. The van der Waals surface area contributed by atoms with Gasteiger partial charge in [0.15, 0.2) is 11.5 Å². The van der Waals surface area contributed by atoms with Crippen LogP contribution in [0.2, 0.25) is 0 Å². The molecule has 2 aromatic carbocycles. The van der Waals surface area contributed by atoms with Crippen molar-refractivity contribution < 1.29 is 14.3 Å². The predicted molar refractivity (Wildman–Crippen MR) is 102 cm³/mol. The van der Waals surface area contributed by atoms with Crippen LogP contribution in [0.3, 0.4) is 0 Å². The van der Waals surface area contributed by atoms with Gasteiger partial charge >= 0.3 is 0 Å². The second kappa shape index (κ2) is 7.01. The van der Waals surface area contributed by atoms with E-state index in [2.05, 4.69) is 47.8 Å². The Morgan fingerprint density at radius 1 is 1.25 bits per heavy atom. The van der Waals surface area contributed by atoms with E-state index in [0.29, 0.717) is 18.7 Å². The summed E-state index contributed by atoms with van der Waals surface area (Å²) in [6.45, 7) is 4.98. The van der Waals surface area contributed by atoms with Crippen LogP contribution in [0.5, 0.6) is 11.5 Å². The largest absolute Gasteiger partial charge is 0.488 e. The van der Waals surface area contributed by atoms with Gasteiger partial charge in [-0.2, -0.15) is 0 Å². The number of hydrogen-bond acceptors (Lipinski definition) is 3. The monoisotopic (exact) mass is 437 g/mol. The molecule has 1 aliphatic heterocycles. The molecule has 1 amide bonds. The maximum absolute atomic E-state index is 12.2. The van der Waals surface area contributed by atoms with Crippen LogP contribution in [0.25, 0.3) is 0 Å². The number of amides is 1. The summed E-state index contributed by atoms with van der Waals surface area (Å²) in [6, 6.07) is 13.5. The molecule has 0 spiro atoms. The first-order valence-corrected chi connectivity index (χ1v) is 9.00. The molecule has 24 heavy (non-hydrogen) atoms. The van der Waals surface area contributed by atoms with Gasteiger partial charge in [-0.05, 0) is 54.6 Å². The highest BCUT2D eigenvalue weighted by Gasteiger charge is 2.32. The second-order valence-electron chi connectivity index (χ2n) is 6.37. The molecule has 1 heterocycles. The van der Waals surface area contributed by atoms with Crippen LogP contribution in [-0.2, 0) is 6.42 Å². The third-order valence-electron chi connectivity index (χ3n) is 3.82. The van der Waals surface area contributed by atoms with Gasteiger partial charge in [0.05, 0.1) is 12.1 Å². The van der Waals surface area contributed by atoms with E-state index >= 15 is 0 Å². The van der Waals surface area contributed by atoms with Crippen LogP contribution in [0.4, 0.5) is 0 Å². The van der Waals surface area contributed by atoms with E-state index in [-0.39, 0.29) is 11.5 Å². The van der Waals surface area contributed by atoms with Crippen molar-refractivity contribution in [1.29, 1.82) is 0 Å². The topological polar surface area (TPSA) is 47.6 Å². The third-order valence-corrected chi connectivity index (χ3v) is 4.76. The Kier molecular flexibility index (Phi) is 4.99. The zero-order valence-electron chi connectivity index (χ0n) is 13.8. The van der Waals surface area contributed by atoms with Crippen LogP contribution < -0.4 is 14.8 Å². The summed E-state index contributed by atoms with van der Waals surface area (Å²) in [5.74, 6) is 1.48. The number of halogens is 1. The lowest BCUT2D eigenvalue weighted by Crippen LogP contribution is -2.28. The van der Waals surface area contributed by atoms with Crippen LogP contribution in [0.15, 0.2) is 42.5 Å². The smallest absolute Gasteiger partial charge is 0.252 e. The normalized spacial score (nSPS) is 14.6. The first-order chi connectivity index (χ1) is 11.5. The molecule has 0 aliphatic carbocycles. The number of rotatable bonds is 5. The van der Waals surface area contributed by atoms with E-state index in [4.69, 9.17) is 9.47 Å². The molecule has 1 aliphatic rings. The molecule has 0 aromatic heterocycles. The van der Waals surface area contributed by atoms with E-state index in [1.54, 1.807) is 0 Å². The number of hydrogen-bond donors (Lipinski definition) is 1. The molecular weight excluding hydrogens is 417 g/mol. The van der Waals surface area contributed by atoms with Gasteiger partial charge in [0.1, 0.15) is 12.2 Å². The van der Waals surface area contributed by atoms with E-state index in [9.17, 15) is 4.79 Å². The Bertz CT molecular complexity index is 758. The van der Waals surface area contributed by atoms with Gasteiger partial charge in [-0.25, -0.2) is 0 Å². The van der Waals surface area contributed by atoms with Gasteiger partial charge in [0, 0.05) is 15.6 Å². The van der Waals surface area contributed by atoms with Crippen molar-refractivity contribution in [3.8, 4) is 11.5 Å². The Balaban J connectivity index is 1.54. The van der Waals surface area contributed by atoms with E-state index in [1.807, 2.05) is 36.4 Å². The third kappa shape index (κ3) is 3.83.